The van der Waals surface area contributed by atoms with Gasteiger partial charge in [0.05, 0.1) is 24.2 Å². The molecule has 138 valence electrons. The molecular weight excluding hydrogens is 362 g/mol. The van der Waals surface area contributed by atoms with E-state index in [1.54, 1.807) is 30.5 Å². The first kappa shape index (κ1) is 18.7. The number of hydrogen-bond donors (Lipinski definition) is 2. The summed E-state index contributed by atoms with van der Waals surface area (Å²) in [5, 5.41) is 6.66. The standard InChI is InChI=1S/C21H20ClN3O2/c1-3-27-20-7-5-4-6-17(20)24-16-10-11-18(23-13-16)21(26)25-19-12-15(22)9-8-14(19)2/h4-13,24H,3H2,1-2H3,(H,25,26). The van der Waals surface area contributed by atoms with Crippen LogP contribution < -0.4 is 15.4 Å². The van der Waals surface area contributed by atoms with Crippen LogP contribution in [0.4, 0.5) is 17.1 Å². The van der Waals surface area contributed by atoms with Crippen molar-refractivity contribution in [1.82, 2.24) is 4.98 Å². The number of aromatic nitrogens is 1. The number of hydrogen-bond acceptors (Lipinski definition) is 4. The van der Waals surface area contributed by atoms with E-state index in [-0.39, 0.29) is 5.91 Å². The second kappa shape index (κ2) is 8.56. The minimum Gasteiger partial charge on any atom is -0.492 e. The van der Waals surface area contributed by atoms with Gasteiger partial charge in [0.25, 0.3) is 5.91 Å². The van der Waals surface area contributed by atoms with Gasteiger partial charge in [-0.15, -0.1) is 0 Å². The highest BCUT2D eigenvalue weighted by Gasteiger charge is 2.10. The van der Waals surface area contributed by atoms with Crippen molar-refractivity contribution >= 4 is 34.6 Å². The Morgan fingerprint density at radius 3 is 2.67 bits per heavy atom. The number of rotatable bonds is 6. The molecule has 0 saturated carbocycles. The van der Waals surface area contributed by atoms with Crippen molar-refractivity contribution in [3.63, 3.8) is 0 Å². The van der Waals surface area contributed by atoms with Gasteiger partial charge in [-0.05, 0) is 55.8 Å². The van der Waals surface area contributed by atoms with Gasteiger partial charge in [0.1, 0.15) is 11.4 Å². The highest BCUT2D eigenvalue weighted by Crippen LogP contribution is 2.27. The zero-order chi connectivity index (χ0) is 19.2. The van der Waals surface area contributed by atoms with E-state index >= 15 is 0 Å². The van der Waals surface area contributed by atoms with E-state index in [9.17, 15) is 4.79 Å². The van der Waals surface area contributed by atoms with Crippen LogP contribution in [0.3, 0.4) is 0 Å². The average Bonchev–Trinajstić information content (AvgIpc) is 2.67. The SMILES string of the molecule is CCOc1ccccc1Nc1ccc(C(=O)Nc2cc(Cl)ccc2C)nc1. The fourth-order valence-electron chi connectivity index (χ4n) is 2.52. The molecule has 1 heterocycles. The Kier molecular flexibility index (Phi) is 5.94. The van der Waals surface area contributed by atoms with Crippen molar-refractivity contribution in [1.29, 1.82) is 0 Å². The Bertz CT molecular complexity index is 942. The van der Waals surface area contributed by atoms with Gasteiger partial charge in [-0.3, -0.25) is 4.79 Å². The lowest BCUT2D eigenvalue weighted by molar-refractivity contribution is 0.102. The Hall–Kier alpha value is -3.05. The highest BCUT2D eigenvalue weighted by molar-refractivity contribution is 6.31. The number of nitrogens with zero attached hydrogens (tertiary/aromatic N) is 1. The molecule has 0 fully saturated rings. The van der Waals surface area contributed by atoms with Gasteiger partial charge in [0.15, 0.2) is 0 Å². The number of aryl methyl sites for hydroxylation is 1. The van der Waals surface area contributed by atoms with Gasteiger partial charge in [-0.25, -0.2) is 4.98 Å². The molecule has 3 rings (SSSR count). The summed E-state index contributed by atoms with van der Waals surface area (Å²) < 4.78 is 5.60. The van der Waals surface area contributed by atoms with E-state index in [4.69, 9.17) is 16.3 Å². The van der Waals surface area contributed by atoms with Gasteiger partial charge in [0, 0.05) is 10.7 Å². The summed E-state index contributed by atoms with van der Waals surface area (Å²) in [5.41, 5.74) is 3.52. The fraction of sp³-hybridized carbons (Fsp3) is 0.143. The Morgan fingerprint density at radius 1 is 1.11 bits per heavy atom. The number of para-hydroxylation sites is 2. The van der Waals surface area contributed by atoms with Crippen molar-refractivity contribution in [3.8, 4) is 5.75 Å². The summed E-state index contributed by atoms with van der Waals surface area (Å²) in [6, 6.07) is 16.5. The predicted octanol–water partition coefficient (Wildman–Crippen LogP) is 5.44. The van der Waals surface area contributed by atoms with Crippen molar-refractivity contribution in [2.75, 3.05) is 17.2 Å². The quantitative estimate of drug-likeness (QED) is 0.597. The monoisotopic (exact) mass is 381 g/mol. The van der Waals surface area contributed by atoms with Crippen molar-refractivity contribution in [2.24, 2.45) is 0 Å². The molecule has 0 aliphatic heterocycles. The first-order valence-corrected chi connectivity index (χ1v) is 8.97. The third-order valence-electron chi connectivity index (χ3n) is 3.91. The van der Waals surface area contributed by atoms with Crippen LogP contribution in [0.5, 0.6) is 5.75 Å². The number of carbonyl (C=O) groups is 1. The molecule has 3 aromatic rings. The molecule has 0 aliphatic rings. The molecule has 6 heteroatoms. The van der Waals surface area contributed by atoms with Gasteiger partial charge in [-0.2, -0.15) is 0 Å². The van der Waals surface area contributed by atoms with Crippen LogP contribution in [0.2, 0.25) is 5.02 Å². The largest absolute Gasteiger partial charge is 0.492 e. The van der Waals surface area contributed by atoms with E-state index in [1.165, 1.54) is 0 Å². The van der Waals surface area contributed by atoms with Crippen LogP contribution in [-0.4, -0.2) is 17.5 Å². The maximum Gasteiger partial charge on any atom is 0.274 e. The van der Waals surface area contributed by atoms with Crippen molar-refractivity contribution in [3.05, 3.63) is 77.1 Å². The minimum absolute atomic E-state index is 0.290. The third kappa shape index (κ3) is 4.77. The number of pyridine rings is 1. The predicted molar refractivity (Wildman–Crippen MR) is 109 cm³/mol. The lowest BCUT2D eigenvalue weighted by Crippen LogP contribution is -2.14. The Labute approximate surface area is 163 Å². The normalized spacial score (nSPS) is 10.3. The summed E-state index contributed by atoms with van der Waals surface area (Å²) in [4.78, 5) is 16.7. The van der Waals surface area contributed by atoms with E-state index in [0.29, 0.717) is 23.0 Å². The molecule has 1 amide bonds. The van der Waals surface area contributed by atoms with Crippen LogP contribution in [0.15, 0.2) is 60.8 Å². The van der Waals surface area contributed by atoms with Crippen LogP contribution in [0.25, 0.3) is 0 Å². The average molecular weight is 382 g/mol. The fourth-order valence-corrected chi connectivity index (χ4v) is 2.70. The number of halogens is 1. The number of nitrogens with one attached hydrogen (secondary N) is 2. The first-order chi connectivity index (χ1) is 13.1. The lowest BCUT2D eigenvalue weighted by atomic mass is 10.2. The van der Waals surface area contributed by atoms with Crippen LogP contribution >= 0.6 is 11.6 Å². The molecule has 0 atom stereocenters. The smallest absolute Gasteiger partial charge is 0.274 e. The van der Waals surface area contributed by atoms with Gasteiger partial charge in [-0.1, -0.05) is 29.8 Å². The minimum atomic E-state index is -0.290. The summed E-state index contributed by atoms with van der Waals surface area (Å²) >= 11 is 5.99. The molecule has 0 bridgehead atoms. The topological polar surface area (TPSA) is 63.2 Å². The summed E-state index contributed by atoms with van der Waals surface area (Å²) in [6.45, 7) is 4.43. The molecule has 5 nitrogen and oxygen atoms in total. The maximum atomic E-state index is 12.4. The molecule has 27 heavy (non-hydrogen) atoms. The number of benzene rings is 2. The highest BCUT2D eigenvalue weighted by atomic mass is 35.5. The second-order valence-corrected chi connectivity index (χ2v) is 6.34. The van der Waals surface area contributed by atoms with E-state index in [0.717, 1.165) is 22.7 Å². The number of ether oxygens (including phenoxy) is 1. The van der Waals surface area contributed by atoms with Crippen LogP contribution in [0, 0.1) is 6.92 Å². The van der Waals surface area contributed by atoms with Gasteiger partial charge < -0.3 is 15.4 Å². The van der Waals surface area contributed by atoms with E-state index in [1.807, 2.05) is 44.2 Å². The molecule has 0 aliphatic carbocycles. The second-order valence-electron chi connectivity index (χ2n) is 5.90. The summed E-state index contributed by atoms with van der Waals surface area (Å²) in [5.74, 6) is 0.472. The summed E-state index contributed by atoms with van der Waals surface area (Å²) in [6.07, 6.45) is 1.61. The van der Waals surface area contributed by atoms with Gasteiger partial charge in [0.2, 0.25) is 0 Å². The molecule has 0 spiro atoms. The van der Waals surface area contributed by atoms with Crippen molar-refractivity contribution in [2.45, 2.75) is 13.8 Å². The molecule has 0 unspecified atom stereocenters. The third-order valence-corrected chi connectivity index (χ3v) is 4.14. The molecule has 0 radical (unpaired) electrons. The van der Waals surface area contributed by atoms with Gasteiger partial charge >= 0.3 is 0 Å². The Balaban J connectivity index is 1.72. The lowest BCUT2D eigenvalue weighted by Gasteiger charge is -2.12. The van der Waals surface area contributed by atoms with E-state index < -0.39 is 0 Å². The van der Waals surface area contributed by atoms with Crippen LogP contribution in [-0.2, 0) is 0 Å². The molecule has 2 N–H and O–H groups in total. The number of carbonyl (C=O) groups excluding carboxylic acids is 1. The summed E-state index contributed by atoms with van der Waals surface area (Å²) in [7, 11) is 0. The number of anilines is 3. The molecule has 2 aromatic carbocycles. The molecule has 1 aromatic heterocycles. The Morgan fingerprint density at radius 2 is 1.93 bits per heavy atom. The first-order valence-electron chi connectivity index (χ1n) is 8.59. The molecule has 0 saturated heterocycles. The van der Waals surface area contributed by atoms with Crippen molar-refractivity contribution < 1.29 is 9.53 Å². The van der Waals surface area contributed by atoms with Crippen LogP contribution in [0.1, 0.15) is 23.0 Å². The zero-order valence-corrected chi connectivity index (χ0v) is 15.9. The zero-order valence-electron chi connectivity index (χ0n) is 15.1. The number of amides is 1. The van der Waals surface area contributed by atoms with E-state index in [2.05, 4.69) is 15.6 Å². The maximum absolute atomic E-state index is 12.4. The molecular formula is C21H20ClN3O2.